The summed E-state index contributed by atoms with van der Waals surface area (Å²) in [6, 6.07) is 23.2. The zero-order valence-electron chi connectivity index (χ0n) is 19.8. The van der Waals surface area contributed by atoms with E-state index in [1.807, 2.05) is 4.90 Å². The molecule has 3 aromatic rings. The Kier molecular flexibility index (Phi) is 5.03. The number of fused-ring (bicyclic) bond motifs is 5. The van der Waals surface area contributed by atoms with Crippen molar-refractivity contribution >= 4 is 6.09 Å². The Morgan fingerprint density at radius 2 is 1.44 bits per heavy atom. The summed E-state index contributed by atoms with van der Waals surface area (Å²) >= 11 is 0. The van der Waals surface area contributed by atoms with Crippen LogP contribution in [0.5, 0.6) is 0 Å². The summed E-state index contributed by atoms with van der Waals surface area (Å²) in [5.74, 6) is 0.0611. The van der Waals surface area contributed by atoms with Crippen molar-refractivity contribution in [2.24, 2.45) is 0 Å². The van der Waals surface area contributed by atoms with Gasteiger partial charge in [0.25, 0.3) is 0 Å². The van der Waals surface area contributed by atoms with E-state index < -0.39 is 5.60 Å². The van der Waals surface area contributed by atoms with Gasteiger partial charge in [0.15, 0.2) is 0 Å². The predicted octanol–water partition coefficient (Wildman–Crippen LogP) is 6.07. The van der Waals surface area contributed by atoms with E-state index in [4.69, 9.17) is 4.74 Å². The van der Waals surface area contributed by atoms with Crippen molar-refractivity contribution in [3.63, 3.8) is 0 Å². The molecule has 2 aliphatic heterocycles. The Morgan fingerprint density at radius 3 is 2.00 bits per heavy atom. The van der Waals surface area contributed by atoms with E-state index in [2.05, 4.69) is 80.6 Å². The fourth-order valence-corrected chi connectivity index (χ4v) is 6.67. The first-order valence-electron chi connectivity index (χ1n) is 12.4. The van der Waals surface area contributed by atoms with Crippen LogP contribution in [-0.2, 0) is 10.3 Å². The Hall–Kier alpha value is -3.11. The largest absolute Gasteiger partial charge is 0.448 e. The van der Waals surface area contributed by atoms with Crippen LogP contribution in [0.4, 0.5) is 4.79 Å². The highest BCUT2D eigenvalue weighted by molar-refractivity contribution is 5.79. The molecule has 4 heteroatoms. The molecule has 174 valence electrons. The first-order valence-corrected chi connectivity index (χ1v) is 12.4. The van der Waals surface area contributed by atoms with Gasteiger partial charge in [-0.25, -0.2) is 4.79 Å². The number of aliphatic hydroxyl groups is 1. The van der Waals surface area contributed by atoms with Crippen LogP contribution >= 0.6 is 0 Å². The van der Waals surface area contributed by atoms with Gasteiger partial charge in [-0.1, -0.05) is 77.9 Å². The maximum Gasteiger partial charge on any atom is 0.410 e. The summed E-state index contributed by atoms with van der Waals surface area (Å²) in [5, 5.41) is 11.6. The number of aryl methyl sites for hydroxylation is 2. The minimum absolute atomic E-state index is 0.0141. The van der Waals surface area contributed by atoms with Crippen molar-refractivity contribution in [3.05, 3.63) is 94.5 Å². The minimum atomic E-state index is -0.886. The summed E-state index contributed by atoms with van der Waals surface area (Å²) < 4.78 is 5.98. The molecule has 3 aliphatic rings. The number of rotatable bonds is 3. The van der Waals surface area contributed by atoms with Crippen molar-refractivity contribution in [3.8, 4) is 11.1 Å². The average Bonchev–Trinajstić information content (AvgIpc) is 3.29. The van der Waals surface area contributed by atoms with Crippen LogP contribution in [0.3, 0.4) is 0 Å². The number of piperidine rings is 1. The van der Waals surface area contributed by atoms with Gasteiger partial charge in [-0.2, -0.15) is 0 Å². The molecular weight excluding hydrogens is 422 g/mol. The second-order valence-corrected chi connectivity index (χ2v) is 10.4. The lowest BCUT2D eigenvalue weighted by molar-refractivity contribution is -0.0531. The van der Waals surface area contributed by atoms with E-state index in [-0.39, 0.29) is 24.1 Å². The van der Waals surface area contributed by atoms with Crippen LogP contribution in [0.15, 0.2) is 66.7 Å². The highest BCUT2D eigenvalue weighted by Gasteiger charge is 2.50. The van der Waals surface area contributed by atoms with Gasteiger partial charge >= 0.3 is 6.09 Å². The summed E-state index contributed by atoms with van der Waals surface area (Å²) in [6.45, 7) is 4.48. The molecule has 0 spiro atoms. The van der Waals surface area contributed by atoms with Gasteiger partial charge in [-0.05, 0) is 54.5 Å². The quantitative estimate of drug-likeness (QED) is 0.524. The van der Waals surface area contributed by atoms with Crippen LogP contribution in [0.25, 0.3) is 11.1 Å². The molecule has 2 bridgehead atoms. The van der Waals surface area contributed by atoms with Crippen molar-refractivity contribution in [1.29, 1.82) is 0 Å². The molecule has 4 nitrogen and oxygen atoms in total. The van der Waals surface area contributed by atoms with Gasteiger partial charge < -0.3 is 14.7 Å². The van der Waals surface area contributed by atoms with Gasteiger partial charge in [0.1, 0.15) is 6.61 Å². The SMILES string of the molecule is Cc1cc(C)cc(C2(O)CC3CCC(C2)N3C(=O)OCC2c3ccccc3-c3ccccc32)c1. The van der Waals surface area contributed by atoms with Gasteiger partial charge in [0.05, 0.1) is 5.60 Å². The number of amides is 1. The summed E-state index contributed by atoms with van der Waals surface area (Å²) in [6.07, 6.45) is 2.73. The zero-order chi connectivity index (χ0) is 23.4. The smallest absolute Gasteiger partial charge is 0.410 e. The lowest BCUT2D eigenvalue weighted by Gasteiger charge is -2.43. The highest BCUT2D eigenvalue weighted by atomic mass is 16.6. The number of nitrogens with zero attached hydrogens (tertiary/aromatic N) is 1. The number of carbonyl (C=O) groups is 1. The van der Waals surface area contributed by atoms with Crippen LogP contribution in [0, 0.1) is 13.8 Å². The molecule has 2 heterocycles. The van der Waals surface area contributed by atoms with Gasteiger partial charge in [0.2, 0.25) is 0 Å². The summed E-state index contributed by atoms with van der Waals surface area (Å²) in [7, 11) is 0. The lowest BCUT2D eigenvalue weighted by atomic mass is 9.79. The molecule has 2 atom stereocenters. The molecule has 2 saturated heterocycles. The Labute approximate surface area is 201 Å². The average molecular weight is 454 g/mol. The van der Waals surface area contributed by atoms with Gasteiger partial charge in [-0.15, -0.1) is 0 Å². The van der Waals surface area contributed by atoms with Crippen LogP contribution in [-0.4, -0.2) is 34.8 Å². The zero-order valence-corrected chi connectivity index (χ0v) is 19.8. The fourth-order valence-electron chi connectivity index (χ4n) is 6.67. The number of hydrogen-bond acceptors (Lipinski definition) is 3. The third kappa shape index (κ3) is 3.43. The van der Waals surface area contributed by atoms with Crippen LogP contribution in [0.2, 0.25) is 0 Å². The number of benzene rings is 3. The second kappa shape index (κ2) is 7.99. The molecule has 0 aromatic heterocycles. The molecule has 2 fully saturated rings. The van der Waals surface area contributed by atoms with Crippen molar-refractivity contribution in [1.82, 2.24) is 4.90 Å². The van der Waals surface area contributed by atoms with E-state index in [1.165, 1.54) is 22.3 Å². The van der Waals surface area contributed by atoms with Crippen molar-refractivity contribution in [2.75, 3.05) is 6.61 Å². The molecule has 1 amide bonds. The van der Waals surface area contributed by atoms with E-state index in [0.29, 0.717) is 19.4 Å². The third-order valence-corrected chi connectivity index (χ3v) is 8.07. The maximum absolute atomic E-state index is 13.3. The maximum atomic E-state index is 13.3. The molecule has 3 aromatic carbocycles. The number of ether oxygens (including phenoxy) is 1. The first-order chi connectivity index (χ1) is 16.4. The van der Waals surface area contributed by atoms with Crippen molar-refractivity contribution in [2.45, 2.75) is 63.1 Å². The normalized spacial score (nSPS) is 25.2. The summed E-state index contributed by atoms with van der Waals surface area (Å²) in [5.41, 5.74) is 7.33. The topological polar surface area (TPSA) is 49.8 Å². The summed E-state index contributed by atoms with van der Waals surface area (Å²) in [4.78, 5) is 15.2. The van der Waals surface area contributed by atoms with E-state index in [0.717, 1.165) is 29.5 Å². The van der Waals surface area contributed by atoms with Gasteiger partial charge in [-0.3, -0.25) is 0 Å². The first kappa shape index (κ1) is 21.4. The fraction of sp³-hybridized carbons (Fsp3) is 0.367. The Morgan fingerprint density at radius 1 is 0.912 bits per heavy atom. The van der Waals surface area contributed by atoms with Crippen molar-refractivity contribution < 1.29 is 14.6 Å². The minimum Gasteiger partial charge on any atom is -0.448 e. The second-order valence-electron chi connectivity index (χ2n) is 10.4. The van der Waals surface area contributed by atoms with Crippen LogP contribution < -0.4 is 0 Å². The highest BCUT2D eigenvalue weighted by Crippen LogP contribution is 2.47. The van der Waals surface area contributed by atoms with E-state index >= 15 is 0 Å². The predicted molar refractivity (Wildman–Crippen MR) is 133 cm³/mol. The Balaban J connectivity index is 1.19. The molecule has 1 N–H and O–H groups in total. The monoisotopic (exact) mass is 453 g/mol. The molecule has 1 aliphatic carbocycles. The standard InChI is InChI=1S/C30H31NO3/c1-19-13-20(2)15-21(14-19)30(33)16-22-11-12-23(17-30)31(22)29(32)34-18-28-26-9-5-3-7-24(26)25-8-4-6-10-27(25)28/h3-10,13-15,22-23,28,33H,11-12,16-18H2,1-2H3. The molecule has 34 heavy (non-hydrogen) atoms. The molecule has 0 radical (unpaired) electrons. The number of carbonyl (C=O) groups excluding carboxylic acids is 1. The molecule has 6 rings (SSSR count). The molecule has 0 saturated carbocycles. The molecular formula is C30H31NO3. The third-order valence-electron chi connectivity index (χ3n) is 8.07. The van der Waals surface area contributed by atoms with E-state index in [9.17, 15) is 9.90 Å². The van der Waals surface area contributed by atoms with Crippen LogP contribution in [0.1, 0.15) is 59.4 Å². The Bertz CT molecular complexity index is 1190. The lowest BCUT2D eigenvalue weighted by Crippen LogP contribution is -2.52. The van der Waals surface area contributed by atoms with E-state index in [1.54, 1.807) is 0 Å². The number of hydrogen-bond donors (Lipinski definition) is 1. The molecule has 2 unspecified atom stereocenters. The van der Waals surface area contributed by atoms with Gasteiger partial charge in [0, 0.05) is 30.8 Å².